The number of aliphatic hydroxyl groups excluding tert-OH is 1. The maximum Gasteiger partial charge on any atom is 0.145 e. The van der Waals surface area contributed by atoms with Gasteiger partial charge in [-0.05, 0) is 42.8 Å². The molecule has 0 saturated heterocycles. The molecule has 20 heavy (non-hydrogen) atoms. The van der Waals surface area contributed by atoms with Crippen molar-refractivity contribution < 1.29 is 9.84 Å². The fourth-order valence-electron chi connectivity index (χ4n) is 1.70. The number of rotatable bonds is 6. The van der Waals surface area contributed by atoms with Gasteiger partial charge in [0.15, 0.2) is 0 Å². The Labute approximate surface area is 123 Å². The fraction of sp³-hybridized carbons (Fsp3) is 0.267. The lowest BCUT2D eigenvalue weighted by molar-refractivity contribution is 0.211. The minimum atomic E-state index is -0.553. The van der Waals surface area contributed by atoms with Crippen LogP contribution in [0.5, 0.6) is 11.5 Å². The lowest BCUT2D eigenvalue weighted by atomic mass is 10.2. The Morgan fingerprint density at radius 2 is 2.25 bits per heavy atom. The number of aromatic nitrogens is 1. The monoisotopic (exact) mass is 292 g/mol. The summed E-state index contributed by atoms with van der Waals surface area (Å²) in [5, 5.41) is 12.5. The largest absolute Gasteiger partial charge is 0.455 e. The third-order valence-electron chi connectivity index (χ3n) is 2.76. The van der Waals surface area contributed by atoms with Crippen LogP contribution in [-0.2, 0) is 0 Å². The van der Waals surface area contributed by atoms with Crippen LogP contribution in [0, 0.1) is 6.92 Å². The first-order chi connectivity index (χ1) is 9.69. The Hall–Kier alpha value is -1.78. The molecule has 2 N–H and O–H groups in total. The predicted molar refractivity (Wildman–Crippen MR) is 80.7 cm³/mol. The number of alkyl halides is 1. The minimum Gasteiger partial charge on any atom is -0.455 e. The van der Waals surface area contributed by atoms with Crippen LogP contribution in [0.3, 0.4) is 0 Å². The van der Waals surface area contributed by atoms with E-state index in [-0.39, 0.29) is 5.88 Å². The van der Waals surface area contributed by atoms with E-state index in [0.717, 1.165) is 17.0 Å². The van der Waals surface area contributed by atoms with E-state index in [1.165, 1.54) is 0 Å². The number of nitrogens with zero attached hydrogens (tertiary/aromatic N) is 1. The predicted octanol–water partition coefficient (Wildman–Crippen LogP) is 3.19. The molecule has 1 heterocycles. The van der Waals surface area contributed by atoms with Gasteiger partial charge < -0.3 is 15.2 Å². The van der Waals surface area contributed by atoms with Gasteiger partial charge in [0.25, 0.3) is 0 Å². The molecule has 1 aromatic carbocycles. The van der Waals surface area contributed by atoms with Crippen molar-refractivity contribution in [3.8, 4) is 11.5 Å². The van der Waals surface area contributed by atoms with Crippen molar-refractivity contribution in [3.05, 3.63) is 48.3 Å². The molecule has 0 aliphatic heterocycles. The molecule has 0 fully saturated rings. The van der Waals surface area contributed by atoms with Gasteiger partial charge in [-0.15, -0.1) is 11.6 Å². The highest BCUT2D eigenvalue weighted by Gasteiger charge is 2.05. The maximum atomic E-state index is 9.41. The summed E-state index contributed by atoms with van der Waals surface area (Å²) in [5.41, 5.74) is 1.92. The van der Waals surface area contributed by atoms with E-state index in [2.05, 4.69) is 10.3 Å². The smallest absolute Gasteiger partial charge is 0.145 e. The van der Waals surface area contributed by atoms with Crippen LogP contribution in [0.25, 0.3) is 0 Å². The van der Waals surface area contributed by atoms with Crippen molar-refractivity contribution >= 4 is 17.3 Å². The average Bonchev–Trinajstić information content (AvgIpc) is 2.48. The molecule has 0 aliphatic carbocycles. The van der Waals surface area contributed by atoms with Gasteiger partial charge in [-0.1, -0.05) is 0 Å². The number of benzene rings is 1. The van der Waals surface area contributed by atoms with Crippen LogP contribution in [0.4, 0.5) is 5.69 Å². The number of aliphatic hydroxyl groups is 1. The molecule has 0 bridgehead atoms. The van der Waals surface area contributed by atoms with Gasteiger partial charge in [0.1, 0.15) is 11.5 Å². The summed E-state index contributed by atoms with van der Waals surface area (Å²) in [6.45, 7) is 2.39. The number of halogens is 1. The Morgan fingerprint density at radius 3 is 2.90 bits per heavy atom. The summed E-state index contributed by atoms with van der Waals surface area (Å²) in [6, 6.07) is 9.44. The summed E-state index contributed by atoms with van der Waals surface area (Å²) in [4.78, 5) is 4.01. The van der Waals surface area contributed by atoms with Crippen molar-refractivity contribution in [2.24, 2.45) is 0 Å². The van der Waals surface area contributed by atoms with Crippen molar-refractivity contribution in [2.45, 2.75) is 13.0 Å². The third kappa shape index (κ3) is 4.11. The van der Waals surface area contributed by atoms with Crippen LogP contribution in [0.15, 0.2) is 42.7 Å². The van der Waals surface area contributed by atoms with E-state index in [1.807, 2.05) is 37.3 Å². The van der Waals surface area contributed by atoms with Crippen LogP contribution in [-0.4, -0.2) is 28.6 Å². The highest BCUT2D eigenvalue weighted by molar-refractivity contribution is 6.18. The Morgan fingerprint density at radius 1 is 1.40 bits per heavy atom. The van der Waals surface area contributed by atoms with Gasteiger partial charge in [-0.2, -0.15) is 0 Å². The Balaban J connectivity index is 2.02. The normalized spacial score (nSPS) is 11.9. The van der Waals surface area contributed by atoms with E-state index in [4.69, 9.17) is 16.3 Å². The van der Waals surface area contributed by atoms with Crippen LogP contribution < -0.4 is 10.1 Å². The average molecular weight is 293 g/mol. The number of anilines is 1. The summed E-state index contributed by atoms with van der Waals surface area (Å²) < 4.78 is 5.75. The van der Waals surface area contributed by atoms with E-state index in [1.54, 1.807) is 12.4 Å². The molecule has 2 rings (SSSR count). The Kier molecular flexibility index (Phi) is 5.21. The van der Waals surface area contributed by atoms with Crippen LogP contribution in [0.2, 0.25) is 0 Å². The number of nitrogens with one attached hydrogen (secondary N) is 1. The molecule has 0 radical (unpaired) electrons. The van der Waals surface area contributed by atoms with E-state index in [9.17, 15) is 5.11 Å². The quantitative estimate of drug-likeness (QED) is 0.803. The molecule has 106 valence electrons. The first kappa shape index (κ1) is 14.6. The van der Waals surface area contributed by atoms with Gasteiger partial charge >= 0.3 is 0 Å². The van der Waals surface area contributed by atoms with Gasteiger partial charge in [-0.25, -0.2) is 0 Å². The van der Waals surface area contributed by atoms with Crippen molar-refractivity contribution in [1.82, 2.24) is 4.98 Å². The fourth-order valence-corrected chi connectivity index (χ4v) is 1.81. The number of hydrogen-bond acceptors (Lipinski definition) is 4. The molecule has 1 aromatic heterocycles. The standard InChI is InChI=1S/C15H17ClN2O2/c1-11-7-12(18-9-13(19)8-16)4-5-15(11)20-14-3-2-6-17-10-14/h2-7,10,13,18-19H,8-9H2,1H3. The van der Waals surface area contributed by atoms with Gasteiger partial charge in [-0.3, -0.25) is 4.98 Å². The summed E-state index contributed by atoms with van der Waals surface area (Å²) >= 11 is 5.55. The van der Waals surface area contributed by atoms with Gasteiger partial charge in [0.05, 0.1) is 18.2 Å². The zero-order valence-corrected chi connectivity index (χ0v) is 12.0. The third-order valence-corrected chi connectivity index (χ3v) is 3.11. The molecule has 5 heteroatoms. The van der Waals surface area contributed by atoms with E-state index in [0.29, 0.717) is 12.3 Å². The Bertz CT molecular complexity index is 549. The number of aryl methyl sites for hydroxylation is 1. The van der Waals surface area contributed by atoms with E-state index < -0.39 is 6.10 Å². The SMILES string of the molecule is Cc1cc(NCC(O)CCl)ccc1Oc1cccnc1. The molecular weight excluding hydrogens is 276 g/mol. The van der Waals surface area contributed by atoms with Crippen LogP contribution >= 0.6 is 11.6 Å². The van der Waals surface area contributed by atoms with Crippen molar-refractivity contribution in [2.75, 3.05) is 17.7 Å². The first-order valence-electron chi connectivity index (χ1n) is 6.35. The molecule has 4 nitrogen and oxygen atoms in total. The van der Waals surface area contributed by atoms with Gasteiger partial charge in [0.2, 0.25) is 0 Å². The molecule has 0 aliphatic rings. The molecular formula is C15H17ClN2O2. The molecule has 1 atom stereocenters. The highest BCUT2D eigenvalue weighted by atomic mass is 35.5. The first-order valence-corrected chi connectivity index (χ1v) is 6.89. The second-order valence-corrected chi connectivity index (χ2v) is 4.77. The molecule has 0 saturated carbocycles. The molecule has 2 aromatic rings. The molecule has 0 spiro atoms. The zero-order valence-electron chi connectivity index (χ0n) is 11.2. The van der Waals surface area contributed by atoms with Crippen molar-refractivity contribution in [1.29, 1.82) is 0 Å². The number of ether oxygens (including phenoxy) is 1. The van der Waals surface area contributed by atoms with Crippen molar-refractivity contribution in [3.63, 3.8) is 0 Å². The second kappa shape index (κ2) is 7.12. The second-order valence-electron chi connectivity index (χ2n) is 4.46. The van der Waals surface area contributed by atoms with Crippen LogP contribution in [0.1, 0.15) is 5.56 Å². The summed E-state index contributed by atoms with van der Waals surface area (Å²) in [5.74, 6) is 1.70. The molecule has 1 unspecified atom stereocenters. The summed E-state index contributed by atoms with van der Waals surface area (Å²) in [6.07, 6.45) is 2.82. The topological polar surface area (TPSA) is 54.4 Å². The minimum absolute atomic E-state index is 0.216. The number of pyridine rings is 1. The van der Waals surface area contributed by atoms with E-state index >= 15 is 0 Å². The highest BCUT2D eigenvalue weighted by Crippen LogP contribution is 2.26. The molecule has 0 amide bonds. The maximum absolute atomic E-state index is 9.41. The van der Waals surface area contributed by atoms with Gasteiger partial charge in [0, 0.05) is 18.4 Å². The summed E-state index contributed by atoms with van der Waals surface area (Å²) in [7, 11) is 0. The zero-order chi connectivity index (χ0) is 14.4. The lowest BCUT2D eigenvalue weighted by Crippen LogP contribution is -2.20. The number of hydrogen-bond donors (Lipinski definition) is 2. The lowest BCUT2D eigenvalue weighted by Gasteiger charge is -2.13.